The van der Waals surface area contributed by atoms with Crippen molar-refractivity contribution in [2.45, 2.75) is 44.9 Å². The normalized spacial score (nSPS) is 36.1. The first-order chi connectivity index (χ1) is 9.34. The van der Waals surface area contributed by atoms with Crippen LogP contribution in [-0.4, -0.2) is 13.1 Å². The molecule has 1 nitrogen and oxygen atoms in total. The zero-order valence-corrected chi connectivity index (χ0v) is 12.1. The van der Waals surface area contributed by atoms with Crippen molar-refractivity contribution in [1.29, 1.82) is 0 Å². The van der Waals surface area contributed by atoms with Gasteiger partial charge in [0.25, 0.3) is 0 Å². The standard InChI is InChI=1S/C18H27N/c1-14-6-5-9-16(12-14)17-10-11-19-13-18(17)15-7-3-2-4-8-15/h2-4,7-8,14,16-19H,5-6,9-13H2,1H3. The van der Waals surface area contributed by atoms with E-state index in [1.165, 1.54) is 45.2 Å². The summed E-state index contributed by atoms with van der Waals surface area (Å²) in [6, 6.07) is 11.2. The minimum Gasteiger partial charge on any atom is -0.316 e. The zero-order valence-electron chi connectivity index (χ0n) is 12.1. The van der Waals surface area contributed by atoms with Gasteiger partial charge in [-0.2, -0.15) is 0 Å². The van der Waals surface area contributed by atoms with Crippen molar-refractivity contribution in [3.63, 3.8) is 0 Å². The van der Waals surface area contributed by atoms with Crippen molar-refractivity contribution in [1.82, 2.24) is 5.32 Å². The Morgan fingerprint density at radius 2 is 1.89 bits per heavy atom. The molecule has 1 saturated carbocycles. The van der Waals surface area contributed by atoms with Gasteiger partial charge in [0.05, 0.1) is 0 Å². The number of hydrogen-bond acceptors (Lipinski definition) is 1. The van der Waals surface area contributed by atoms with Crippen LogP contribution in [0.5, 0.6) is 0 Å². The van der Waals surface area contributed by atoms with Crippen molar-refractivity contribution in [2.24, 2.45) is 17.8 Å². The van der Waals surface area contributed by atoms with Gasteiger partial charge in [0, 0.05) is 6.54 Å². The van der Waals surface area contributed by atoms with E-state index in [0.29, 0.717) is 0 Å². The van der Waals surface area contributed by atoms with Gasteiger partial charge in [0.1, 0.15) is 0 Å². The van der Waals surface area contributed by atoms with Crippen LogP contribution in [0.4, 0.5) is 0 Å². The Balaban J connectivity index is 1.77. The quantitative estimate of drug-likeness (QED) is 0.837. The monoisotopic (exact) mass is 257 g/mol. The average molecular weight is 257 g/mol. The van der Waals surface area contributed by atoms with E-state index in [0.717, 1.165) is 23.7 Å². The molecule has 1 heteroatoms. The Bertz CT molecular complexity index is 386. The molecule has 4 unspecified atom stereocenters. The van der Waals surface area contributed by atoms with Crippen molar-refractivity contribution in [3.05, 3.63) is 35.9 Å². The molecule has 1 N–H and O–H groups in total. The molecule has 0 spiro atoms. The lowest BCUT2D eigenvalue weighted by Crippen LogP contribution is -2.39. The lowest BCUT2D eigenvalue weighted by atomic mass is 9.67. The second kappa shape index (κ2) is 6.09. The van der Waals surface area contributed by atoms with E-state index in [4.69, 9.17) is 0 Å². The predicted molar refractivity (Wildman–Crippen MR) is 81.3 cm³/mol. The van der Waals surface area contributed by atoms with Gasteiger partial charge in [-0.15, -0.1) is 0 Å². The van der Waals surface area contributed by atoms with Crippen LogP contribution in [0.3, 0.4) is 0 Å². The smallest absolute Gasteiger partial charge is 0.00229 e. The fraction of sp³-hybridized carbons (Fsp3) is 0.667. The highest BCUT2D eigenvalue weighted by molar-refractivity contribution is 5.21. The summed E-state index contributed by atoms with van der Waals surface area (Å²) in [5.41, 5.74) is 1.55. The van der Waals surface area contributed by atoms with Crippen LogP contribution in [0.25, 0.3) is 0 Å². The third-order valence-electron chi connectivity index (χ3n) is 5.35. The predicted octanol–water partition coefficient (Wildman–Crippen LogP) is 4.21. The molecule has 1 aliphatic carbocycles. The molecule has 1 aromatic carbocycles. The highest BCUT2D eigenvalue weighted by Gasteiger charge is 2.34. The second-order valence-electron chi connectivity index (χ2n) is 6.71. The summed E-state index contributed by atoms with van der Waals surface area (Å²) in [6.45, 7) is 4.85. The number of benzene rings is 1. The lowest BCUT2D eigenvalue weighted by Gasteiger charge is -2.41. The summed E-state index contributed by atoms with van der Waals surface area (Å²) < 4.78 is 0. The molecule has 0 bridgehead atoms. The highest BCUT2D eigenvalue weighted by Crippen LogP contribution is 2.42. The molecular weight excluding hydrogens is 230 g/mol. The Morgan fingerprint density at radius 3 is 2.68 bits per heavy atom. The molecule has 0 aromatic heterocycles. The highest BCUT2D eigenvalue weighted by atomic mass is 14.9. The van der Waals surface area contributed by atoms with Crippen LogP contribution in [0, 0.1) is 17.8 Å². The van der Waals surface area contributed by atoms with E-state index in [1.54, 1.807) is 5.56 Å². The number of rotatable bonds is 2. The van der Waals surface area contributed by atoms with Crippen LogP contribution < -0.4 is 5.32 Å². The molecule has 4 atom stereocenters. The molecule has 1 aliphatic heterocycles. The Hall–Kier alpha value is -0.820. The van der Waals surface area contributed by atoms with Crippen molar-refractivity contribution in [3.8, 4) is 0 Å². The molecule has 104 valence electrons. The van der Waals surface area contributed by atoms with Gasteiger partial charge in [-0.1, -0.05) is 56.5 Å². The van der Waals surface area contributed by atoms with E-state index in [9.17, 15) is 0 Å². The molecule has 1 aromatic rings. The summed E-state index contributed by atoms with van der Waals surface area (Å²) in [5.74, 6) is 3.57. The molecule has 2 aliphatic rings. The molecule has 1 heterocycles. The molecule has 0 amide bonds. The maximum Gasteiger partial charge on any atom is 0.00229 e. The van der Waals surface area contributed by atoms with Gasteiger partial charge < -0.3 is 5.32 Å². The number of piperidine rings is 1. The van der Waals surface area contributed by atoms with Crippen molar-refractivity contribution < 1.29 is 0 Å². The summed E-state index contributed by atoms with van der Waals surface area (Å²) in [6.07, 6.45) is 7.22. The van der Waals surface area contributed by atoms with E-state index in [1.807, 2.05) is 0 Å². The first-order valence-corrected chi connectivity index (χ1v) is 8.10. The molecular formula is C18H27N. The van der Waals surface area contributed by atoms with Crippen LogP contribution in [0.1, 0.15) is 50.5 Å². The first kappa shape index (κ1) is 13.2. The SMILES string of the molecule is CC1CCCC(C2CCNCC2c2ccccc2)C1. The molecule has 19 heavy (non-hydrogen) atoms. The second-order valence-corrected chi connectivity index (χ2v) is 6.71. The molecule has 2 fully saturated rings. The van der Waals surface area contributed by atoms with Gasteiger partial charge in [-0.05, 0) is 48.6 Å². The summed E-state index contributed by atoms with van der Waals surface area (Å²) in [5, 5.41) is 3.61. The minimum atomic E-state index is 0.741. The van der Waals surface area contributed by atoms with E-state index in [-0.39, 0.29) is 0 Å². The Labute approximate surface area is 117 Å². The summed E-state index contributed by atoms with van der Waals surface area (Å²) in [7, 11) is 0. The zero-order chi connectivity index (χ0) is 13.1. The van der Waals surface area contributed by atoms with E-state index < -0.39 is 0 Å². The van der Waals surface area contributed by atoms with Crippen LogP contribution in [0.2, 0.25) is 0 Å². The topological polar surface area (TPSA) is 12.0 Å². The third-order valence-corrected chi connectivity index (χ3v) is 5.35. The Kier molecular flexibility index (Phi) is 4.22. The molecule has 3 rings (SSSR count). The minimum absolute atomic E-state index is 0.741. The van der Waals surface area contributed by atoms with Gasteiger partial charge >= 0.3 is 0 Å². The first-order valence-electron chi connectivity index (χ1n) is 8.10. The van der Waals surface area contributed by atoms with Crippen LogP contribution in [0.15, 0.2) is 30.3 Å². The summed E-state index contributed by atoms with van der Waals surface area (Å²) >= 11 is 0. The molecule has 1 saturated heterocycles. The third kappa shape index (κ3) is 3.02. The largest absolute Gasteiger partial charge is 0.316 e. The summed E-state index contributed by atoms with van der Waals surface area (Å²) in [4.78, 5) is 0. The van der Waals surface area contributed by atoms with Crippen LogP contribution in [-0.2, 0) is 0 Å². The van der Waals surface area contributed by atoms with Gasteiger partial charge in [-0.25, -0.2) is 0 Å². The maximum atomic E-state index is 3.61. The molecule has 0 radical (unpaired) electrons. The van der Waals surface area contributed by atoms with E-state index in [2.05, 4.69) is 42.6 Å². The maximum absolute atomic E-state index is 3.61. The van der Waals surface area contributed by atoms with Gasteiger partial charge in [0.2, 0.25) is 0 Å². The van der Waals surface area contributed by atoms with E-state index >= 15 is 0 Å². The van der Waals surface area contributed by atoms with Crippen molar-refractivity contribution in [2.75, 3.05) is 13.1 Å². The lowest BCUT2D eigenvalue weighted by molar-refractivity contribution is 0.152. The van der Waals surface area contributed by atoms with Gasteiger partial charge in [0.15, 0.2) is 0 Å². The average Bonchev–Trinajstić information content (AvgIpc) is 2.48. The number of hydrogen-bond donors (Lipinski definition) is 1. The van der Waals surface area contributed by atoms with Crippen LogP contribution >= 0.6 is 0 Å². The fourth-order valence-electron chi connectivity index (χ4n) is 4.38. The van der Waals surface area contributed by atoms with Crippen molar-refractivity contribution >= 4 is 0 Å². The van der Waals surface area contributed by atoms with Gasteiger partial charge in [-0.3, -0.25) is 0 Å². The number of nitrogens with one attached hydrogen (secondary N) is 1. The Morgan fingerprint density at radius 1 is 1.05 bits per heavy atom. The fourth-order valence-corrected chi connectivity index (χ4v) is 4.38.